The van der Waals surface area contributed by atoms with Crippen molar-refractivity contribution < 1.29 is 19.1 Å². The van der Waals surface area contributed by atoms with Crippen LogP contribution in [0.5, 0.6) is 0 Å². The lowest BCUT2D eigenvalue weighted by molar-refractivity contribution is -0.123. The molecule has 0 fully saturated rings. The molecule has 2 aliphatic rings. The number of carbonyl (C=O) groups is 3. The van der Waals surface area contributed by atoms with E-state index in [4.69, 9.17) is 10.5 Å². The van der Waals surface area contributed by atoms with Gasteiger partial charge in [0.25, 0.3) is 11.8 Å². The van der Waals surface area contributed by atoms with Crippen molar-refractivity contribution in [3.8, 4) is 0 Å². The third-order valence-electron chi connectivity index (χ3n) is 5.26. The number of nitrogens with two attached hydrogens (primary N) is 1. The molecule has 0 saturated carbocycles. The number of aryl methyl sites for hydroxylation is 3. The SMILES string of the molecule is C[C@@H](OC(=O)c1cc2c(s1)CCCC2)C(=O)Nc1sc2c(c1C(N)=O)CCC2. The molecule has 6 nitrogen and oxygen atoms in total. The van der Waals surface area contributed by atoms with Gasteiger partial charge in [-0.1, -0.05) is 0 Å². The summed E-state index contributed by atoms with van der Waals surface area (Å²) in [4.78, 5) is 39.7. The van der Waals surface area contributed by atoms with Crippen LogP contribution in [0.3, 0.4) is 0 Å². The van der Waals surface area contributed by atoms with E-state index in [9.17, 15) is 14.4 Å². The normalized spacial score (nSPS) is 16.2. The van der Waals surface area contributed by atoms with Gasteiger partial charge in [-0.05, 0) is 69.1 Å². The average molecular weight is 419 g/mol. The molecule has 2 amide bonds. The summed E-state index contributed by atoms with van der Waals surface area (Å²) < 4.78 is 5.37. The summed E-state index contributed by atoms with van der Waals surface area (Å²) in [5.74, 6) is -1.48. The molecule has 0 radical (unpaired) electrons. The minimum atomic E-state index is -0.968. The first kappa shape index (κ1) is 19.1. The minimum Gasteiger partial charge on any atom is -0.448 e. The molecule has 2 aromatic heterocycles. The Morgan fingerprint density at radius 1 is 1.07 bits per heavy atom. The van der Waals surface area contributed by atoms with E-state index in [0.29, 0.717) is 15.4 Å². The third-order valence-corrected chi connectivity index (χ3v) is 7.68. The molecular formula is C20H22N2O4S2. The second-order valence-electron chi connectivity index (χ2n) is 7.23. The Morgan fingerprint density at radius 3 is 2.57 bits per heavy atom. The predicted molar refractivity (Wildman–Crippen MR) is 109 cm³/mol. The standard InChI is InChI=1S/C20H22N2O4S2/c1-10(26-20(25)15-9-11-5-2-3-7-13(11)27-15)18(24)22-19-16(17(21)23)12-6-4-8-14(12)28-19/h9-10H,2-8H2,1H3,(H2,21,23)(H,22,24)/t10-/m1/s1. The zero-order chi connectivity index (χ0) is 19.8. The molecule has 0 saturated heterocycles. The zero-order valence-electron chi connectivity index (χ0n) is 15.6. The van der Waals surface area contributed by atoms with E-state index in [1.54, 1.807) is 0 Å². The Balaban J connectivity index is 1.43. The Labute approximate surface area is 171 Å². The number of carbonyl (C=O) groups excluding carboxylic acids is 3. The van der Waals surface area contributed by atoms with E-state index in [-0.39, 0.29) is 0 Å². The van der Waals surface area contributed by atoms with E-state index in [0.717, 1.165) is 55.4 Å². The molecular weight excluding hydrogens is 396 g/mol. The Kier molecular flexibility index (Phi) is 5.25. The smallest absolute Gasteiger partial charge is 0.349 e. The van der Waals surface area contributed by atoms with E-state index >= 15 is 0 Å². The molecule has 2 aliphatic carbocycles. The number of rotatable bonds is 5. The minimum absolute atomic E-state index is 0.398. The molecule has 4 rings (SSSR count). The predicted octanol–water partition coefficient (Wildman–Crippen LogP) is 3.46. The van der Waals surface area contributed by atoms with Crippen LogP contribution in [0.1, 0.15) is 67.1 Å². The highest BCUT2D eigenvalue weighted by molar-refractivity contribution is 7.17. The van der Waals surface area contributed by atoms with Crippen molar-refractivity contribution in [2.24, 2.45) is 5.73 Å². The van der Waals surface area contributed by atoms with Gasteiger partial charge in [0.05, 0.1) is 5.56 Å². The topological polar surface area (TPSA) is 98.5 Å². The van der Waals surface area contributed by atoms with Crippen LogP contribution in [-0.4, -0.2) is 23.9 Å². The molecule has 148 valence electrons. The Morgan fingerprint density at radius 2 is 1.82 bits per heavy atom. The monoisotopic (exact) mass is 418 g/mol. The quantitative estimate of drug-likeness (QED) is 0.727. The molecule has 1 atom stereocenters. The van der Waals surface area contributed by atoms with E-state index in [1.165, 1.54) is 40.0 Å². The number of anilines is 1. The summed E-state index contributed by atoms with van der Waals surface area (Å²) in [5.41, 5.74) is 8.09. The molecule has 0 aromatic carbocycles. The summed E-state index contributed by atoms with van der Waals surface area (Å²) in [5, 5.41) is 3.19. The molecule has 2 aromatic rings. The van der Waals surface area contributed by atoms with Crippen LogP contribution >= 0.6 is 22.7 Å². The van der Waals surface area contributed by atoms with Gasteiger partial charge in [0.2, 0.25) is 0 Å². The van der Waals surface area contributed by atoms with Crippen LogP contribution in [0.25, 0.3) is 0 Å². The molecule has 0 aliphatic heterocycles. The Hall–Kier alpha value is -2.19. The van der Waals surface area contributed by atoms with E-state index in [1.807, 2.05) is 6.07 Å². The fourth-order valence-electron chi connectivity index (χ4n) is 3.83. The second-order valence-corrected chi connectivity index (χ2v) is 9.47. The van der Waals surface area contributed by atoms with Gasteiger partial charge in [0.15, 0.2) is 6.10 Å². The van der Waals surface area contributed by atoms with Crippen LogP contribution in [-0.2, 0) is 35.2 Å². The molecule has 0 spiro atoms. The molecule has 2 heterocycles. The lowest BCUT2D eigenvalue weighted by Gasteiger charge is -2.13. The van der Waals surface area contributed by atoms with Crippen molar-refractivity contribution in [2.45, 2.75) is 58.0 Å². The second kappa shape index (κ2) is 7.67. The fourth-order valence-corrected chi connectivity index (χ4v) is 6.26. The van der Waals surface area contributed by atoms with Crippen LogP contribution in [0, 0.1) is 0 Å². The molecule has 0 bridgehead atoms. The van der Waals surface area contributed by atoms with Gasteiger partial charge in [-0.15, -0.1) is 22.7 Å². The maximum Gasteiger partial charge on any atom is 0.349 e. The summed E-state index contributed by atoms with van der Waals surface area (Å²) >= 11 is 2.84. The van der Waals surface area contributed by atoms with Crippen molar-refractivity contribution in [1.29, 1.82) is 0 Å². The van der Waals surface area contributed by atoms with Crippen molar-refractivity contribution in [1.82, 2.24) is 0 Å². The van der Waals surface area contributed by atoms with Crippen LogP contribution in [0.15, 0.2) is 6.07 Å². The van der Waals surface area contributed by atoms with Gasteiger partial charge in [0, 0.05) is 9.75 Å². The summed E-state index contributed by atoms with van der Waals surface area (Å²) in [6.45, 7) is 1.53. The lowest BCUT2D eigenvalue weighted by Crippen LogP contribution is -2.30. The van der Waals surface area contributed by atoms with Crippen LogP contribution in [0.2, 0.25) is 0 Å². The number of amides is 2. The molecule has 3 N–H and O–H groups in total. The first-order chi connectivity index (χ1) is 13.4. The number of ether oxygens (including phenoxy) is 1. The van der Waals surface area contributed by atoms with Gasteiger partial charge >= 0.3 is 5.97 Å². The van der Waals surface area contributed by atoms with Crippen molar-refractivity contribution in [3.63, 3.8) is 0 Å². The van der Waals surface area contributed by atoms with Gasteiger partial charge in [-0.3, -0.25) is 9.59 Å². The number of fused-ring (bicyclic) bond motifs is 2. The number of hydrogen-bond donors (Lipinski definition) is 2. The number of esters is 1. The van der Waals surface area contributed by atoms with Crippen LogP contribution < -0.4 is 11.1 Å². The van der Waals surface area contributed by atoms with Gasteiger partial charge in [-0.25, -0.2) is 4.79 Å². The fraction of sp³-hybridized carbons (Fsp3) is 0.450. The van der Waals surface area contributed by atoms with Crippen molar-refractivity contribution in [3.05, 3.63) is 37.4 Å². The highest BCUT2D eigenvalue weighted by atomic mass is 32.1. The first-order valence-electron chi connectivity index (χ1n) is 9.51. The van der Waals surface area contributed by atoms with Gasteiger partial charge in [-0.2, -0.15) is 0 Å². The highest BCUT2D eigenvalue weighted by Crippen LogP contribution is 2.39. The summed E-state index contributed by atoms with van der Waals surface area (Å²) in [6, 6.07) is 1.89. The molecule has 0 unspecified atom stereocenters. The highest BCUT2D eigenvalue weighted by Gasteiger charge is 2.28. The van der Waals surface area contributed by atoms with Crippen molar-refractivity contribution in [2.75, 3.05) is 5.32 Å². The molecule has 8 heteroatoms. The van der Waals surface area contributed by atoms with E-state index < -0.39 is 23.9 Å². The largest absolute Gasteiger partial charge is 0.448 e. The number of hydrogen-bond acceptors (Lipinski definition) is 6. The Bertz CT molecular complexity index is 936. The van der Waals surface area contributed by atoms with E-state index in [2.05, 4.69) is 5.32 Å². The maximum atomic E-state index is 12.5. The van der Waals surface area contributed by atoms with Gasteiger partial charge in [0.1, 0.15) is 9.88 Å². The first-order valence-corrected chi connectivity index (χ1v) is 11.1. The number of nitrogens with one attached hydrogen (secondary N) is 1. The lowest BCUT2D eigenvalue weighted by atomic mass is 9.99. The van der Waals surface area contributed by atoms with Crippen molar-refractivity contribution >= 4 is 45.5 Å². The maximum absolute atomic E-state index is 12.5. The third kappa shape index (κ3) is 3.58. The van der Waals surface area contributed by atoms with Crippen LogP contribution in [0.4, 0.5) is 5.00 Å². The summed E-state index contributed by atoms with van der Waals surface area (Å²) in [6.07, 6.45) is 6.00. The zero-order valence-corrected chi connectivity index (χ0v) is 17.3. The number of primary amides is 1. The van der Waals surface area contributed by atoms with Gasteiger partial charge < -0.3 is 15.8 Å². The summed E-state index contributed by atoms with van der Waals surface area (Å²) in [7, 11) is 0. The average Bonchev–Trinajstić information content (AvgIpc) is 3.34. The number of thiophene rings is 2. The molecule has 28 heavy (non-hydrogen) atoms.